The molecule has 2 N–H and O–H groups in total. The van der Waals surface area contributed by atoms with Gasteiger partial charge in [-0.15, -0.1) is 0 Å². The van der Waals surface area contributed by atoms with E-state index in [-0.39, 0.29) is 12.3 Å². The van der Waals surface area contributed by atoms with Crippen molar-refractivity contribution >= 4 is 28.7 Å². The van der Waals surface area contributed by atoms with E-state index in [1.165, 1.54) is 51.4 Å². The molecule has 0 aliphatic carbocycles. The lowest BCUT2D eigenvalue weighted by Gasteiger charge is -2.12. The number of aliphatic carboxylic acids is 1. The lowest BCUT2D eigenvalue weighted by Crippen LogP contribution is -2.12. The van der Waals surface area contributed by atoms with Crippen molar-refractivity contribution < 1.29 is 24.0 Å². The fraction of sp³-hybridized carbons (Fsp3) is 0.680. The van der Waals surface area contributed by atoms with E-state index in [4.69, 9.17) is 9.84 Å². The Balaban J connectivity index is 2.03. The standard InChI is InChI=1S/C25H41NO5S/c1-32(30)21-14-10-8-6-4-2-3-5-7-9-11-18-24(27)26-22-16-12-13-17-23(22)31-20-15-19-25(28)29/h12-13,16-17H,2-11,14-15,18-21H2,1H3,(H,26,27)(H,28,29). The molecule has 0 bridgehead atoms. The highest BCUT2D eigenvalue weighted by Crippen LogP contribution is 2.24. The molecule has 0 aliphatic heterocycles. The van der Waals surface area contributed by atoms with E-state index in [2.05, 4.69) is 5.32 Å². The summed E-state index contributed by atoms with van der Waals surface area (Å²) in [6, 6.07) is 7.25. The zero-order valence-electron chi connectivity index (χ0n) is 19.6. The number of nitrogens with one attached hydrogen (secondary N) is 1. The number of carbonyl (C=O) groups excluding carboxylic acids is 1. The molecule has 1 unspecified atom stereocenters. The minimum Gasteiger partial charge on any atom is -0.617 e. The van der Waals surface area contributed by atoms with E-state index in [9.17, 15) is 14.1 Å². The molecule has 7 heteroatoms. The SMILES string of the molecule is C[S+]([O-])CCCCCCCCCCCCCC(=O)Nc1ccccc1OCCCC(=O)O. The van der Waals surface area contributed by atoms with Crippen LogP contribution in [0.1, 0.15) is 89.9 Å². The van der Waals surface area contributed by atoms with Crippen molar-refractivity contribution in [2.75, 3.05) is 23.9 Å². The molecule has 0 aromatic heterocycles. The third kappa shape index (κ3) is 16.0. The van der Waals surface area contributed by atoms with E-state index < -0.39 is 17.1 Å². The van der Waals surface area contributed by atoms with Crippen LogP contribution in [0.5, 0.6) is 5.75 Å². The third-order valence-corrected chi connectivity index (χ3v) is 6.15. The number of carboxylic acid groups (broad SMARTS) is 1. The molecule has 1 rings (SSSR count). The first-order chi connectivity index (χ1) is 15.5. The summed E-state index contributed by atoms with van der Waals surface area (Å²) in [7, 11) is 0. The van der Waals surface area contributed by atoms with E-state index >= 15 is 0 Å². The summed E-state index contributed by atoms with van der Waals surface area (Å²) < 4.78 is 16.6. The number of amides is 1. The first-order valence-corrected chi connectivity index (χ1v) is 13.7. The van der Waals surface area contributed by atoms with E-state index in [1.54, 1.807) is 18.4 Å². The van der Waals surface area contributed by atoms with Crippen molar-refractivity contribution in [3.63, 3.8) is 0 Å². The number of anilines is 1. The van der Waals surface area contributed by atoms with Crippen molar-refractivity contribution in [1.82, 2.24) is 0 Å². The highest BCUT2D eigenvalue weighted by atomic mass is 32.2. The Labute approximate surface area is 196 Å². The van der Waals surface area contributed by atoms with Gasteiger partial charge < -0.3 is 19.7 Å². The van der Waals surface area contributed by atoms with Crippen LogP contribution < -0.4 is 10.1 Å². The van der Waals surface area contributed by atoms with Gasteiger partial charge in [0.1, 0.15) is 11.5 Å². The van der Waals surface area contributed by atoms with E-state index in [0.29, 0.717) is 30.9 Å². The quantitative estimate of drug-likeness (QED) is 0.183. The molecule has 6 nitrogen and oxygen atoms in total. The number of unbranched alkanes of at least 4 members (excludes halogenated alkanes) is 10. The molecule has 0 saturated heterocycles. The molecular weight excluding hydrogens is 426 g/mol. The Hall–Kier alpha value is -1.73. The van der Waals surface area contributed by atoms with Crippen LogP contribution in [0.2, 0.25) is 0 Å². The van der Waals surface area contributed by atoms with Crippen molar-refractivity contribution in [2.45, 2.75) is 89.9 Å². The predicted molar refractivity (Wildman–Crippen MR) is 132 cm³/mol. The zero-order chi connectivity index (χ0) is 23.4. The minimum atomic E-state index is -0.839. The van der Waals surface area contributed by atoms with Crippen molar-refractivity contribution in [2.24, 2.45) is 0 Å². The molecule has 0 aliphatic rings. The number of rotatable bonds is 20. The van der Waals surface area contributed by atoms with Gasteiger partial charge in [-0.05, 0) is 37.8 Å². The maximum Gasteiger partial charge on any atom is 0.303 e. The predicted octanol–water partition coefficient (Wildman–Crippen LogP) is 5.93. The second kappa shape index (κ2) is 18.8. The Kier molecular flexibility index (Phi) is 16.6. The number of ether oxygens (including phenoxy) is 1. The highest BCUT2D eigenvalue weighted by Gasteiger charge is 2.08. The average Bonchev–Trinajstić information content (AvgIpc) is 2.75. The van der Waals surface area contributed by atoms with Gasteiger partial charge in [0.05, 0.1) is 18.6 Å². The Morgan fingerprint density at radius 3 is 2.03 bits per heavy atom. The second-order valence-electron chi connectivity index (χ2n) is 8.31. The van der Waals surface area contributed by atoms with Gasteiger partial charge in [-0.2, -0.15) is 0 Å². The summed E-state index contributed by atoms with van der Waals surface area (Å²) in [5, 5.41) is 11.6. The first kappa shape index (κ1) is 28.3. The Morgan fingerprint density at radius 1 is 0.875 bits per heavy atom. The number of hydrogen-bond acceptors (Lipinski definition) is 4. The van der Waals surface area contributed by atoms with E-state index in [1.807, 2.05) is 12.1 Å². The lowest BCUT2D eigenvalue weighted by molar-refractivity contribution is -0.137. The van der Waals surface area contributed by atoms with Gasteiger partial charge in [0, 0.05) is 12.8 Å². The summed E-state index contributed by atoms with van der Waals surface area (Å²) in [5.41, 5.74) is 0.635. The van der Waals surface area contributed by atoms with Gasteiger partial charge in [0.25, 0.3) is 0 Å². The molecule has 32 heavy (non-hydrogen) atoms. The number of hydrogen-bond donors (Lipinski definition) is 2. The molecular formula is C25H41NO5S. The van der Waals surface area contributed by atoms with Crippen molar-refractivity contribution in [3.05, 3.63) is 24.3 Å². The zero-order valence-corrected chi connectivity index (χ0v) is 20.4. The van der Waals surface area contributed by atoms with Crippen LogP contribution in [-0.4, -0.2) is 40.2 Å². The number of carbonyl (C=O) groups is 2. The fourth-order valence-corrected chi connectivity index (χ4v) is 4.11. The normalized spacial score (nSPS) is 11.8. The van der Waals surface area contributed by atoms with E-state index in [0.717, 1.165) is 25.0 Å². The topological polar surface area (TPSA) is 98.7 Å². The van der Waals surface area contributed by atoms with Gasteiger partial charge in [-0.25, -0.2) is 0 Å². The van der Waals surface area contributed by atoms with Gasteiger partial charge in [-0.3, -0.25) is 9.59 Å². The number of carboxylic acids is 1. The van der Waals surface area contributed by atoms with Gasteiger partial charge in [0.15, 0.2) is 0 Å². The summed E-state index contributed by atoms with van der Waals surface area (Å²) in [4.78, 5) is 22.8. The molecule has 1 aromatic rings. The summed E-state index contributed by atoms with van der Waals surface area (Å²) >= 11 is -0.645. The van der Waals surface area contributed by atoms with Crippen LogP contribution in [0, 0.1) is 0 Å². The summed E-state index contributed by atoms with van der Waals surface area (Å²) in [5.74, 6) is 0.561. The van der Waals surface area contributed by atoms with Gasteiger partial charge in [-0.1, -0.05) is 74.7 Å². The van der Waals surface area contributed by atoms with Crippen LogP contribution in [0.3, 0.4) is 0 Å². The molecule has 0 fully saturated rings. The molecule has 0 spiro atoms. The van der Waals surface area contributed by atoms with Crippen LogP contribution in [0.4, 0.5) is 5.69 Å². The molecule has 1 aromatic carbocycles. The molecule has 1 atom stereocenters. The monoisotopic (exact) mass is 467 g/mol. The highest BCUT2D eigenvalue weighted by molar-refractivity contribution is 7.90. The minimum absolute atomic E-state index is 0.0153. The molecule has 1 amide bonds. The lowest BCUT2D eigenvalue weighted by atomic mass is 10.1. The largest absolute Gasteiger partial charge is 0.617 e. The maximum atomic E-state index is 12.2. The summed E-state index contributed by atoms with van der Waals surface area (Å²) in [6.45, 7) is 0.306. The fourth-order valence-electron chi connectivity index (χ4n) is 3.50. The van der Waals surface area contributed by atoms with Gasteiger partial charge in [0.2, 0.25) is 5.91 Å². The Bertz CT molecular complexity index is 639. The van der Waals surface area contributed by atoms with Crippen molar-refractivity contribution in [3.8, 4) is 5.75 Å². The van der Waals surface area contributed by atoms with Crippen LogP contribution in [0.25, 0.3) is 0 Å². The number of benzene rings is 1. The van der Waals surface area contributed by atoms with Crippen molar-refractivity contribution in [1.29, 1.82) is 0 Å². The van der Waals surface area contributed by atoms with Crippen LogP contribution >= 0.6 is 0 Å². The third-order valence-electron chi connectivity index (χ3n) is 5.29. The maximum absolute atomic E-state index is 12.2. The molecule has 0 radical (unpaired) electrons. The summed E-state index contributed by atoms with van der Waals surface area (Å²) in [6.07, 6.45) is 15.7. The average molecular weight is 468 g/mol. The van der Waals surface area contributed by atoms with Crippen LogP contribution in [0.15, 0.2) is 24.3 Å². The first-order valence-electron chi connectivity index (χ1n) is 12.0. The Morgan fingerprint density at radius 2 is 1.44 bits per heavy atom. The van der Waals surface area contributed by atoms with Gasteiger partial charge >= 0.3 is 5.97 Å². The molecule has 0 heterocycles. The smallest absolute Gasteiger partial charge is 0.303 e. The molecule has 182 valence electrons. The second-order valence-corrected chi connectivity index (χ2v) is 9.86. The molecule has 0 saturated carbocycles. The van der Waals surface area contributed by atoms with Crippen LogP contribution in [-0.2, 0) is 20.8 Å². The number of para-hydroxylation sites is 2.